The maximum atomic E-state index is 11.8. The van der Waals surface area contributed by atoms with E-state index in [2.05, 4.69) is 10.6 Å². The van der Waals surface area contributed by atoms with Gasteiger partial charge in [-0.1, -0.05) is 11.6 Å². The number of amides is 1. The van der Waals surface area contributed by atoms with Gasteiger partial charge in [0.2, 0.25) is 5.91 Å². The highest BCUT2D eigenvalue weighted by Gasteiger charge is 2.22. The Morgan fingerprint density at radius 3 is 3.00 bits per heavy atom. The number of nitriles is 1. The van der Waals surface area contributed by atoms with Crippen molar-refractivity contribution in [1.29, 1.82) is 5.26 Å². The Kier molecular flexibility index (Phi) is 3.62. The van der Waals surface area contributed by atoms with Crippen LogP contribution in [0.2, 0.25) is 5.02 Å². The van der Waals surface area contributed by atoms with E-state index in [-0.39, 0.29) is 11.8 Å². The molecule has 0 aliphatic carbocycles. The minimum atomic E-state index is -0.00391. The zero-order valence-corrected chi connectivity index (χ0v) is 9.92. The quantitative estimate of drug-likeness (QED) is 0.840. The van der Waals surface area contributed by atoms with Gasteiger partial charge in [-0.05, 0) is 31.2 Å². The van der Waals surface area contributed by atoms with Gasteiger partial charge in [-0.25, -0.2) is 0 Å². The predicted octanol–water partition coefficient (Wildman–Crippen LogP) is 1.76. The Hall–Kier alpha value is -1.57. The first kappa shape index (κ1) is 11.9. The third kappa shape index (κ3) is 2.76. The molecule has 1 amide bonds. The van der Waals surface area contributed by atoms with E-state index in [0.717, 1.165) is 19.5 Å². The molecule has 1 fully saturated rings. The summed E-state index contributed by atoms with van der Waals surface area (Å²) in [6.45, 7) is 1.60. The van der Waals surface area contributed by atoms with Gasteiger partial charge in [0.05, 0.1) is 16.5 Å². The summed E-state index contributed by atoms with van der Waals surface area (Å²) in [5.41, 5.74) is 1.04. The van der Waals surface area contributed by atoms with Crippen molar-refractivity contribution in [2.45, 2.75) is 6.42 Å². The number of hydrogen-bond donors (Lipinski definition) is 2. The normalized spacial score (nSPS) is 18.7. The molecule has 4 nitrogen and oxygen atoms in total. The van der Waals surface area contributed by atoms with Gasteiger partial charge in [0, 0.05) is 12.2 Å². The molecule has 2 rings (SSSR count). The van der Waals surface area contributed by atoms with E-state index in [0.29, 0.717) is 16.3 Å². The van der Waals surface area contributed by atoms with Gasteiger partial charge < -0.3 is 10.6 Å². The predicted molar refractivity (Wildman–Crippen MR) is 65.8 cm³/mol. The van der Waals surface area contributed by atoms with E-state index in [4.69, 9.17) is 16.9 Å². The molecule has 1 heterocycles. The van der Waals surface area contributed by atoms with Crippen molar-refractivity contribution in [3.05, 3.63) is 28.8 Å². The first-order valence-corrected chi connectivity index (χ1v) is 5.79. The lowest BCUT2D eigenvalue weighted by atomic mass is 10.1. The van der Waals surface area contributed by atoms with Crippen LogP contribution in [0.15, 0.2) is 18.2 Å². The third-order valence-corrected chi connectivity index (χ3v) is 3.10. The fourth-order valence-corrected chi connectivity index (χ4v) is 2.03. The largest absolute Gasteiger partial charge is 0.326 e. The van der Waals surface area contributed by atoms with Gasteiger partial charge in [0.15, 0.2) is 0 Å². The minimum absolute atomic E-state index is 0.00391. The molecular weight excluding hydrogens is 238 g/mol. The summed E-state index contributed by atoms with van der Waals surface area (Å²) in [6, 6.07) is 6.86. The summed E-state index contributed by atoms with van der Waals surface area (Å²) in [6.07, 6.45) is 0.857. The fraction of sp³-hybridized carbons (Fsp3) is 0.333. The Morgan fingerprint density at radius 2 is 2.41 bits per heavy atom. The van der Waals surface area contributed by atoms with Gasteiger partial charge in [-0.3, -0.25) is 4.79 Å². The van der Waals surface area contributed by atoms with Gasteiger partial charge in [-0.2, -0.15) is 5.26 Å². The number of carbonyl (C=O) groups excluding carboxylic acids is 1. The molecule has 0 radical (unpaired) electrons. The molecule has 0 spiro atoms. The number of carbonyl (C=O) groups is 1. The van der Waals surface area contributed by atoms with E-state index >= 15 is 0 Å². The molecule has 17 heavy (non-hydrogen) atoms. The monoisotopic (exact) mass is 249 g/mol. The third-order valence-electron chi connectivity index (χ3n) is 2.79. The number of anilines is 1. The number of nitrogens with one attached hydrogen (secondary N) is 2. The Labute approximate surface area is 105 Å². The summed E-state index contributed by atoms with van der Waals surface area (Å²) in [7, 11) is 0. The maximum Gasteiger partial charge on any atom is 0.228 e. The highest BCUT2D eigenvalue weighted by molar-refractivity contribution is 6.32. The summed E-state index contributed by atoms with van der Waals surface area (Å²) in [5, 5.41) is 15.0. The average molecular weight is 250 g/mol. The molecule has 1 saturated heterocycles. The van der Waals surface area contributed by atoms with Crippen molar-refractivity contribution < 1.29 is 4.79 Å². The number of hydrogen-bond acceptors (Lipinski definition) is 3. The number of rotatable bonds is 2. The van der Waals surface area contributed by atoms with E-state index in [9.17, 15) is 4.79 Å². The molecule has 1 atom stereocenters. The van der Waals surface area contributed by atoms with Crippen LogP contribution >= 0.6 is 11.6 Å². The van der Waals surface area contributed by atoms with Crippen LogP contribution in [0.4, 0.5) is 5.69 Å². The number of benzene rings is 1. The molecule has 2 N–H and O–H groups in total. The van der Waals surface area contributed by atoms with Gasteiger partial charge in [-0.15, -0.1) is 0 Å². The molecule has 1 aliphatic rings. The smallest absolute Gasteiger partial charge is 0.228 e. The molecule has 1 aliphatic heterocycles. The first-order chi connectivity index (χ1) is 8.20. The van der Waals surface area contributed by atoms with Crippen LogP contribution in [-0.4, -0.2) is 19.0 Å². The zero-order valence-electron chi connectivity index (χ0n) is 9.16. The molecule has 5 heteroatoms. The van der Waals surface area contributed by atoms with Gasteiger partial charge >= 0.3 is 0 Å². The van der Waals surface area contributed by atoms with E-state index in [1.165, 1.54) is 0 Å². The molecule has 1 aromatic rings. The highest BCUT2D eigenvalue weighted by Crippen LogP contribution is 2.21. The van der Waals surface area contributed by atoms with Crippen LogP contribution in [-0.2, 0) is 4.79 Å². The number of nitrogens with zero attached hydrogens (tertiary/aromatic N) is 1. The zero-order chi connectivity index (χ0) is 12.3. The summed E-state index contributed by atoms with van der Waals surface area (Å²) >= 11 is 5.89. The second kappa shape index (κ2) is 5.17. The highest BCUT2D eigenvalue weighted by atomic mass is 35.5. The van der Waals surface area contributed by atoms with Crippen LogP contribution in [0.5, 0.6) is 0 Å². The topological polar surface area (TPSA) is 64.9 Å². The lowest BCUT2D eigenvalue weighted by Gasteiger charge is -2.10. The lowest BCUT2D eigenvalue weighted by molar-refractivity contribution is -0.119. The summed E-state index contributed by atoms with van der Waals surface area (Å²) in [4.78, 5) is 11.8. The van der Waals surface area contributed by atoms with Gasteiger partial charge in [0.25, 0.3) is 0 Å². The number of halogens is 1. The van der Waals surface area contributed by atoms with Crippen LogP contribution in [0, 0.1) is 17.2 Å². The molecule has 88 valence electrons. The van der Waals surface area contributed by atoms with Crippen molar-refractivity contribution >= 4 is 23.2 Å². The maximum absolute atomic E-state index is 11.8. The molecule has 0 saturated carbocycles. The molecular formula is C12H12ClN3O. The van der Waals surface area contributed by atoms with Crippen LogP contribution < -0.4 is 10.6 Å². The Morgan fingerprint density at radius 1 is 1.59 bits per heavy atom. The summed E-state index contributed by atoms with van der Waals surface area (Å²) < 4.78 is 0. The fourth-order valence-electron chi connectivity index (χ4n) is 1.81. The van der Waals surface area contributed by atoms with E-state index < -0.39 is 0 Å². The summed E-state index contributed by atoms with van der Waals surface area (Å²) in [5.74, 6) is 0.0141. The Balaban J connectivity index is 2.06. The molecule has 1 unspecified atom stereocenters. The standard InChI is InChI=1S/C12H12ClN3O/c13-11-5-10(2-1-8(11)6-14)16-12(17)9-3-4-15-7-9/h1-2,5,9,15H,3-4,7H2,(H,16,17). The van der Waals surface area contributed by atoms with E-state index in [1.54, 1.807) is 18.2 Å². The molecule has 0 aromatic heterocycles. The second-order valence-corrected chi connectivity index (χ2v) is 4.39. The van der Waals surface area contributed by atoms with Crippen molar-refractivity contribution in [2.24, 2.45) is 5.92 Å². The molecule has 0 bridgehead atoms. The van der Waals surface area contributed by atoms with E-state index in [1.807, 2.05) is 6.07 Å². The van der Waals surface area contributed by atoms with Crippen molar-refractivity contribution in [1.82, 2.24) is 5.32 Å². The van der Waals surface area contributed by atoms with Crippen LogP contribution in [0.3, 0.4) is 0 Å². The van der Waals surface area contributed by atoms with Crippen molar-refractivity contribution in [2.75, 3.05) is 18.4 Å². The van der Waals surface area contributed by atoms with Crippen molar-refractivity contribution in [3.63, 3.8) is 0 Å². The second-order valence-electron chi connectivity index (χ2n) is 3.99. The van der Waals surface area contributed by atoms with Crippen LogP contribution in [0.1, 0.15) is 12.0 Å². The average Bonchev–Trinajstić information content (AvgIpc) is 2.82. The lowest BCUT2D eigenvalue weighted by Crippen LogP contribution is -2.24. The van der Waals surface area contributed by atoms with Crippen LogP contribution in [0.25, 0.3) is 0 Å². The first-order valence-electron chi connectivity index (χ1n) is 5.42. The SMILES string of the molecule is N#Cc1ccc(NC(=O)C2CCNC2)cc1Cl. The van der Waals surface area contributed by atoms with Crippen molar-refractivity contribution in [3.8, 4) is 6.07 Å². The minimum Gasteiger partial charge on any atom is -0.326 e. The Bertz CT molecular complexity index is 475. The molecule has 1 aromatic carbocycles. The van der Waals surface area contributed by atoms with Gasteiger partial charge in [0.1, 0.15) is 6.07 Å².